The highest BCUT2D eigenvalue weighted by Gasteiger charge is 2.32. The zero-order valence-electron chi connectivity index (χ0n) is 9.73. The summed E-state index contributed by atoms with van der Waals surface area (Å²) in [7, 11) is 0. The minimum atomic E-state index is -0.364. The molecule has 2 nitrogen and oxygen atoms in total. The molecular weight excluding hydrogens is 298 g/mol. The second-order valence-corrected chi connectivity index (χ2v) is 6.98. The molecule has 1 aliphatic carbocycles. The molecule has 0 aromatic heterocycles. The Morgan fingerprint density at radius 1 is 1.47 bits per heavy atom. The number of nitrogens with two attached hydrogens (primary N) is 1. The van der Waals surface area contributed by atoms with E-state index in [9.17, 15) is 5.11 Å². The maximum atomic E-state index is 9.35. The van der Waals surface area contributed by atoms with Crippen LogP contribution in [-0.2, 0) is 0 Å². The maximum absolute atomic E-state index is 9.35. The van der Waals surface area contributed by atoms with E-state index in [1.54, 1.807) is 0 Å². The van der Waals surface area contributed by atoms with Crippen LogP contribution in [-0.4, -0.2) is 22.5 Å². The van der Waals surface area contributed by atoms with Crippen LogP contribution in [0, 0.1) is 0 Å². The SMILES string of the molecule is NC1(CO)CCCC(Sc2ccccc2Br)C1. The van der Waals surface area contributed by atoms with Gasteiger partial charge in [0.2, 0.25) is 0 Å². The quantitative estimate of drug-likeness (QED) is 0.900. The van der Waals surface area contributed by atoms with Gasteiger partial charge in [0.1, 0.15) is 0 Å². The summed E-state index contributed by atoms with van der Waals surface area (Å²) in [6, 6.07) is 8.26. The van der Waals surface area contributed by atoms with Crippen LogP contribution >= 0.6 is 27.7 Å². The topological polar surface area (TPSA) is 46.2 Å². The highest BCUT2D eigenvalue weighted by molar-refractivity contribution is 9.10. The van der Waals surface area contributed by atoms with Gasteiger partial charge in [-0.15, -0.1) is 11.8 Å². The third-order valence-electron chi connectivity index (χ3n) is 3.28. The van der Waals surface area contributed by atoms with E-state index in [0.717, 1.165) is 23.7 Å². The van der Waals surface area contributed by atoms with Crippen molar-refractivity contribution < 1.29 is 5.11 Å². The average Bonchev–Trinajstić information content (AvgIpc) is 2.32. The summed E-state index contributed by atoms with van der Waals surface area (Å²) in [5.41, 5.74) is 5.80. The number of aliphatic hydroxyl groups is 1. The lowest BCUT2D eigenvalue weighted by Gasteiger charge is -2.36. The molecule has 0 heterocycles. The van der Waals surface area contributed by atoms with Crippen molar-refractivity contribution in [3.8, 4) is 0 Å². The molecule has 1 aromatic carbocycles. The molecule has 1 aliphatic rings. The first-order valence-electron chi connectivity index (χ1n) is 5.94. The number of benzene rings is 1. The van der Waals surface area contributed by atoms with Crippen molar-refractivity contribution >= 4 is 27.7 Å². The molecule has 0 amide bonds. The molecule has 4 heteroatoms. The molecule has 1 aromatic rings. The molecule has 0 aliphatic heterocycles. The fraction of sp³-hybridized carbons (Fsp3) is 0.538. The third kappa shape index (κ3) is 3.47. The number of hydrogen-bond acceptors (Lipinski definition) is 3. The molecular formula is C13H18BrNOS. The average molecular weight is 316 g/mol. The van der Waals surface area contributed by atoms with E-state index < -0.39 is 0 Å². The van der Waals surface area contributed by atoms with Gasteiger partial charge in [0, 0.05) is 20.2 Å². The molecule has 1 fully saturated rings. The van der Waals surface area contributed by atoms with E-state index in [-0.39, 0.29) is 12.1 Å². The van der Waals surface area contributed by atoms with Crippen molar-refractivity contribution in [2.75, 3.05) is 6.61 Å². The predicted octanol–water partition coefficient (Wildman–Crippen LogP) is 3.17. The van der Waals surface area contributed by atoms with Gasteiger partial charge < -0.3 is 10.8 Å². The van der Waals surface area contributed by atoms with Gasteiger partial charge in [-0.25, -0.2) is 0 Å². The van der Waals surface area contributed by atoms with Gasteiger partial charge in [0.25, 0.3) is 0 Å². The van der Waals surface area contributed by atoms with Crippen LogP contribution in [0.2, 0.25) is 0 Å². The Morgan fingerprint density at radius 3 is 2.94 bits per heavy atom. The molecule has 0 radical (unpaired) electrons. The third-order valence-corrected chi connectivity index (χ3v) is 5.58. The van der Waals surface area contributed by atoms with E-state index in [1.165, 1.54) is 11.3 Å². The number of halogens is 1. The molecule has 0 bridgehead atoms. The number of hydrogen-bond donors (Lipinski definition) is 2. The normalized spacial score (nSPS) is 29.2. The minimum Gasteiger partial charge on any atom is -0.394 e. The highest BCUT2D eigenvalue weighted by Crippen LogP contribution is 2.39. The van der Waals surface area contributed by atoms with Crippen LogP contribution in [0.3, 0.4) is 0 Å². The van der Waals surface area contributed by atoms with Crippen molar-refractivity contribution in [3.63, 3.8) is 0 Å². The smallest absolute Gasteiger partial charge is 0.0611 e. The first-order chi connectivity index (χ1) is 8.13. The standard InChI is InChI=1S/C13H18BrNOS/c14-11-5-1-2-6-12(11)17-10-4-3-7-13(15,8-10)9-16/h1-2,5-6,10,16H,3-4,7-9,15H2. The van der Waals surface area contributed by atoms with E-state index in [4.69, 9.17) is 5.73 Å². The van der Waals surface area contributed by atoms with Crippen LogP contribution in [0.25, 0.3) is 0 Å². The summed E-state index contributed by atoms with van der Waals surface area (Å²) in [6.07, 6.45) is 4.14. The summed E-state index contributed by atoms with van der Waals surface area (Å²) < 4.78 is 1.14. The Kier molecular flexibility index (Phi) is 4.53. The first kappa shape index (κ1) is 13.4. The van der Waals surface area contributed by atoms with E-state index >= 15 is 0 Å². The van der Waals surface area contributed by atoms with Crippen LogP contribution in [0.5, 0.6) is 0 Å². The second-order valence-electron chi connectivity index (χ2n) is 4.79. The van der Waals surface area contributed by atoms with Gasteiger partial charge in [-0.3, -0.25) is 0 Å². The molecule has 1 saturated carbocycles. The summed E-state index contributed by atoms with van der Waals surface area (Å²) in [4.78, 5) is 1.26. The van der Waals surface area contributed by atoms with Crippen LogP contribution in [0.1, 0.15) is 25.7 Å². The fourth-order valence-corrected chi connectivity index (χ4v) is 4.27. The van der Waals surface area contributed by atoms with Crippen molar-refractivity contribution in [1.29, 1.82) is 0 Å². The largest absolute Gasteiger partial charge is 0.394 e. The number of thioether (sulfide) groups is 1. The summed E-state index contributed by atoms with van der Waals surface area (Å²) >= 11 is 5.44. The van der Waals surface area contributed by atoms with Crippen molar-refractivity contribution in [2.24, 2.45) is 5.73 Å². The van der Waals surface area contributed by atoms with Gasteiger partial charge in [-0.1, -0.05) is 18.6 Å². The molecule has 94 valence electrons. The molecule has 2 unspecified atom stereocenters. The Hall–Kier alpha value is -0.0300. The van der Waals surface area contributed by atoms with Crippen molar-refractivity contribution in [2.45, 2.75) is 41.4 Å². The molecule has 2 rings (SSSR count). The Balaban J connectivity index is 2.02. The molecule has 3 N–H and O–H groups in total. The fourth-order valence-electron chi connectivity index (χ4n) is 2.30. The first-order valence-corrected chi connectivity index (χ1v) is 7.61. The Morgan fingerprint density at radius 2 is 2.24 bits per heavy atom. The maximum Gasteiger partial charge on any atom is 0.0611 e. The summed E-state index contributed by atoms with van der Waals surface area (Å²) in [5.74, 6) is 0. The predicted molar refractivity (Wildman–Crippen MR) is 76.3 cm³/mol. The Bertz CT molecular complexity index is 387. The van der Waals surface area contributed by atoms with E-state index in [1.807, 2.05) is 17.8 Å². The van der Waals surface area contributed by atoms with Gasteiger partial charge in [0.05, 0.1) is 6.61 Å². The molecule has 0 spiro atoms. The number of rotatable bonds is 3. The van der Waals surface area contributed by atoms with Crippen LogP contribution in [0.4, 0.5) is 0 Å². The highest BCUT2D eigenvalue weighted by atomic mass is 79.9. The van der Waals surface area contributed by atoms with Crippen molar-refractivity contribution in [1.82, 2.24) is 0 Å². The lowest BCUT2D eigenvalue weighted by atomic mass is 9.83. The lowest BCUT2D eigenvalue weighted by Crippen LogP contribution is -2.48. The lowest BCUT2D eigenvalue weighted by molar-refractivity contribution is 0.159. The van der Waals surface area contributed by atoms with Crippen LogP contribution < -0.4 is 5.73 Å². The van der Waals surface area contributed by atoms with Gasteiger partial charge in [0.15, 0.2) is 0 Å². The zero-order chi connectivity index (χ0) is 12.3. The van der Waals surface area contributed by atoms with Gasteiger partial charge in [-0.05, 0) is 47.3 Å². The van der Waals surface area contributed by atoms with Gasteiger partial charge in [-0.2, -0.15) is 0 Å². The number of aliphatic hydroxyl groups excluding tert-OH is 1. The monoisotopic (exact) mass is 315 g/mol. The molecule has 0 saturated heterocycles. The molecule has 17 heavy (non-hydrogen) atoms. The van der Waals surface area contributed by atoms with Crippen LogP contribution in [0.15, 0.2) is 33.6 Å². The minimum absolute atomic E-state index is 0.0972. The van der Waals surface area contributed by atoms with E-state index in [2.05, 4.69) is 34.1 Å². The van der Waals surface area contributed by atoms with E-state index in [0.29, 0.717) is 5.25 Å². The van der Waals surface area contributed by atoms with Crippen molar-refractivity contribution in [3.05, 3.63) is 28.7 Å². The summed E-state index contributed by atoms with van der Waals surface area (Å²) in [6.45, 7) is 0.0972. The second kappa shape index (κ2) is 5.74. The zero-order valence-corrected chi connectivity index (χ0v) is 12.1. The van der Waals surface area contributed by atoms with Gasteiger partial charge >= 0.3 is 0 Å². The molecule has 2 atom stereocenters. The Labute approximate surface area is 115 Å². The summed E-state index contributed by atoms with van der Waals surface area (Å²) in [5, 5.41) is 9.86.